The quantitative estimate of drug-likeness (QED) is 0.652. The summed E-state index contributed by atoms with van der Waals surface area (Å²) >= 11 is 0. The molecule has 2 aromatic carbocycles. The molecule has 2 heteroatoms. The summed E-state index contributed by atoms with van der Waals surface area (Å²) in [5.41, 5.74) is 4.29. The number of hydrogen-bond acceptors (Lipinski definition) is 0. The molecule has 1 N–H and O–H groups in total. The van der Waals surface area contributed by atoms with E-state index in [1.165, 1.54) is 30.4 Å². The molecule has 1 aromatic heterocycles. The van der Waals surface area contributed by atoms with Crippen LogP contribution < -0.4 is 0 Å². The molecule has 0 aliphatic heterocycles. The molecule has 100 valence electrons. The van der Waals surface area contributed by atoms with Crippen LogP contribution in [0.25, 0.3) is 22.0 Å². The van der Waals surface area contributed by atoms with Crippen molar-refractivity contribution in [3.8, 4) is 11.1 Å². The van der Waals surface area contributed by atoms with Crippen LogP contribution >= 0.6 is 0 Å². The van der Waals surface area contributed by atoms with Crippen molar-refractivity contribution >= 4 is 10.9 Å². The minimum Gasteiger partial charge on any atom is -0.359 e. The molecular weight excluding hydrogens is 249 g/mol. The van der Waals surface area contributed by atoms with E-state index < -0.39 is 0 Å². The highest BCUT2D eigenvalue weighted by molar-refractivity contribution is 5.95. The zero-order valence-corrected chi connectivity index (χ0v) is 11.2. The lowest BCUT2D eigenvalue weighted by Crippen LogP contribution is -2.08. The van der Waals surface area contributed by atoms with Crippen molar-refractivity contribution in [3.05, 3.63) is 60.0 Å². The normalized spacial score (nSPS) is 15.4. The maximum absolute atomic E-state index is 13.8. The van der Waals surface area contributed by atoms with E-state index in [0.29, 0.717) is 5.52 Å². The van der Waals surface area contributed by atoms with Gasteiger partial charge in [0, 0.05) is 11.6 Å². The van der Waals surface area contributed by atoms with Gasteiger partial charge in [0.25, 0.3) is 0 Å². The van der Waals surface area contributed by atoms with Gasteiger partial charge in [0.15, 0.2) is 0 Å². The molecule has 0 amide bonds. The number of benzene rings is 2. The Morgan fingerprint density at radius 1 is 1.05 bits per heavy atom. The summed E-state index contributed by atoms with van der Waals surface area (Å²) in [6.45, 7) is 0. The highest BCUT2D eigenvalue weighted by Gasteiger charge is 2.19. The fraction of sp³-hybridized carbons (Fsp3) is 0.222. The molecule has 1 aliphatic rings. The fourth-order valence-corrected chi connectivity index (χ4v) is 3.07. The SMILES string of the molecule is Fc1ccc(-c2cccc(C3CCC3)c2)c2cc[nH]c12. The topological polar surface area (TPSA) is 15.8 Å². The first-order valence-corrected chi connectivity index (χ1v) is 7.19. The molecule has 0 bridgehead atoms. The summed E-state index contributed by atoms with van der Waals surface area (Å²) < 4.78 is 13.8. The van der Waals surface area contributed by atoms with Gasteiger partial charge in [-0.1, -0.05) is 36.8 Å². The Kier molecular flexibility index (Phi) is 2.62. The number of aromatic nitrogens is 1. The van der Waals surface area contributed by atoms with Crippen molar-refractivity contribution < 1.29 is 4.39 Å². The van der Waals surface area contributed by atoms with Crippen molar-refractivity contribution in [1.29, 1.82) is 0 Å². The van der Waals surface area contributed by atoms with E-state index in [2.05, 4.69) is 29.2 Å². The number of fused-ring (bicyclic) bond motifs is 1. The van der Waals surface area contributed by atoms with Gasteiger partial charge in [0.2, 0.25) is 0 Å². The van der Waals surface area contributed by atoms with Gasteiger partial charge in [0.1, 0.15) is 5.82 Å². The van der Waals surface area contributed by atoms with Crippen LogP contribution in [0.15, 0.2) is 48.7 Å². The lowest BCUT2D eigenvalue weighted by atomic mass is 9.79. The minimum atomic E-state index is -0.191. The first-order valence-electron chi connectivity index (χ1n) is 7.19. The second-order valence-electron chi connectivity index (χ2n) is 5.61. The van der Waals surface area contributed by atoms with Gasteiger partial charge in [-0.05, 0) is 47.6 Å². The van der Waals surface area contributed by atoms with Crippen LogP contribution in [0.5, 0.6) is 0 Å². The van der Waals surface area contributed by atoms with Gasteiger partial charge in [-0.15, -0.1) is 0 Å². The van der Waals surface area contributed by atoms with E-state index >= 15 is 0 Å². The van der Waals surface area contributed by atoms with Gasteiger partial charge >= 0.3 is 0 Å². The predicted molar refractivity (Wildman–Crippen MR) is 80.3 cm³/mol. The van der Waals surface area contributed by atoms with E-state index in [0.717, 1.165) is 16.9 Å². The highest BCUT2D eigenvalue weighted by Crippen LogP contribution is 2.38. The van der Waals surface area contributed by atoms with Crippen LogP contribution in [-0.2, 0) is 0 Å². The number of nitrogens with one attached hydrogen (secondary N) is 1. The molecule has 0 unspecified atom stereocenters. The van der Waals surface area contributed by atoms with Crippen molar-refractivity contribution in [1.82, 2.24) is 4.98 Å². The van der Waals surface area contributed by atoms with Gasteiger partial charge in [0.05, 0.1) is 5.52 Å². The first kappa shape index (κ1) is 11.7. The third kappa shape index (κ3) is 1.75. The fourth-order valence-electron chi connectivity index (χ4n) is 3.07. The molecule has 1 heterocycles. The Morgan fingerprint density at radius 3 is 2.75 bits per heavy atom. The standard InChI is InChI=1S/C18H16FN/c19-17-8-7-15(16-9-10-20-18(16)17)14-6-2-5-13(11-14)12-3-1-4-12/h2,5-12,20H,1,3-4H2. The third-order valence-electron chi connectivity index (χ3n) is 4.45. The molecule has 0 atom stereocenters. The van der Waals surface area contributed by atoms with E-state index in [-0.39, 0.29) is 5.82 Å². The van der Waals surface area contributed by atoms with Crippen LogP contribution in [0.2, 0.25) is 0 Å². The lowest BCUT2D eigenvalue weighted by molar-refractivity contribution is 0.420. The van der Waals surface area contributed by atoms with Crippen molar-refractivity contribution in [3.63, 3.8) is 0 Å². The molecule has 4 rings (SSSR count). The summed E-state index contributed by atoms with van der Waals surface area (Å²) in [6, 6.07) is 14.1. The molecule has 1 fully saturated rings. The number of rotatable bonds is 2. The Morgan fingerprint density at radius 2 is 1.95 bits per heavy atom. The molecule has 1 nitrogen and oxygen atoms in total. The zero-order valence-electron chi connectivity index (χ0n) is 11.2. The van der Waals surface area contributed by atoms with Crippen LogP contribution in [0.4, 0.5) is 4.39 Å². The van der Waals surface area contributed by atoms with Gasteiger partial charge in [-0.3, -0.25) is 0 Å². The van der Waals surface area contributed by atoms with Gasteiger partial charge < -0.3 is 4.98 Å². The van der Waals surface area contributed by atoms with E-state index in [9.17, 15) is 4.39 Å². The highest BCUT2D eigenvalue weighted by atomic mass is 19.1. The molecule has 1 saturated carbocycles. The predicted octanol–water partition coefficient (Wildman–Crippen LogP) is 5.24. The van der Waals surface area contributed by atoms with Crippen LogP contribution in [0.1, 0.15) is 30.7 Å². The Labute approximate surface area is 117 Å². The van der Waals surface area contributed by atoms with Gasteiger partial charge in [-0.25, -0.2) is 4.39 Å². The third-order valence-corrected chi connectivity index (χ3v) is 4.45. The Hall–Kier alpha value is -2.09. The average molecular weight is 265 g/mol. The first-order chi connectivity index (χ1) is 9.83. The van der Waals surface area contributed by atoms with Crippen LogP contribution in [-0.4, -0.2) is 4.98 Å². The molecule has 0 spiro atoms. The molecule has 20 heavy (non-hydrogen) atoms. The second-order valence-corrected chi connectivity index (χ2v) is 5.61. The summed E-state index contributed by atoms with van der Waals surface area (Å²) in [6.07, 6.45) is 5.74. The molecule has 1 aliphatic carbocycles. The van der Waals surface area contributed by atoms with E-state index in [1.54, 1.807) is 12.3 Å². The van der Waals surface area contributed by atoms with Crippen molar-refractivity contribution in [2.75, 3.05) is 0 Å². The largest absolute Gasteiger partial charge is 0.359 e. The maximum Gasteiger partial charge on any atom is 0.147 e. The van der Waals surface area contributed by atoms with Gasteiger partial charge in [-0.2, -0.15) is 0 Å². The van der Waals surface area contributed by atoms with Crippen LogP contribution in [0.3, 0.4) is 0 Å². The lowest BCUT2D eigenvalue weighted by Gasteiger charge is -2.26. The van der Waals surface area contributed by atoms with Crippen LogP contribution in [0, 0.1) is 5.82 Å². The summed E-state index contributed by atoms with van der Waals surface area (Å²) in [4.78, 5) is 2.98. The van der Waals surface area contributed by atoms with Crippen molar-refractivity contribution in [2.24, 2.45) is 0 Å². The number of halogens is 1. The van der Waals surface area contributed by atoms with Crippen molar-refractivity contribution in [2.45, 2.75) is 25.2 Å². The maximum atomic E-state index is 13.8. The smallest absolute Gasteiger partial charge is 0.147 e. The number of H-pyrrole nitrogens is 1. The molecule has 0 saturated heterocycles. The summed E-state index contributed by atoms with van der Waals surface area (Å²) in [5, 5.41) is 0.954. The molecular formula is C18H16FN. The molecule has 0 radical (unpaired) electrons. The van der Waals surface area contributed by atoms with E-state index in [4.69, 9.17) is 0 Å². The molecule has 3 aromatic rings. The second kappa shape index (κ2) is 4.48. The Bertz CT molecular complexity index is 768. The summed E-state index contributed by atoms with van der Waals surface area (Å²) in [5.74, 6) is 0.529. The summed E-state index contributed by atoms with van der Waals surface area (Å²) in [7, 11) is 0. The number of hydrogen-bond donors (Lipinski definition) is 1. The Balaban J connectivity index is 1.86. The monoisotopic (exact) mass is 265 g/mol. The zero-order chi connectivity index (χ0) is 13.5. The number of aromatic amines is 1. The minimum absolute atomic E-state index is 0.191. The van der Waals surface area contributed by atoms with E-state index in [1.807, 2.05) is 12.1 Å². The average Bonchev–Trinajstić information content (AvgIpc) is 2.88.